The van der Waals surface area contributed by atoms with Gasteiger partial charge in [0.25, 0.3) is 0 Å². The first-order valence-electron chi connectivity index (χ1n) is 8.03. The van der Waals surface area contributed by atoms with Crippen LogP contribution >= 0.6 is 0 Å². The van der Waals surface area contributed by atoms with Crippen LogP contribution in [0.5, 0.6) is 0 Å². The summed E-state index contributed by atoms with van der Waals surface area (Å²) in [6, 6.07) is 0. The lowest BCUT2D eigenvalue weighted by molar-refractivity contribution is 0.219. The summed E-state index contributed by atoms with van der Waals surface area (Å²) in [5, 5.41) is 0. The molecule has 2 saturated carbocycles. The molecule has 0 radical (unpaired) electrons. The van der Waals surface area contributed by atoms with Crippen LogP contribution < -0.4 is 0 Å². The van der Waals surface area contributed by atoms with Gasteiger partial charge in [-0.25, -0.2) is 0 Å². The van der Waals surface area contributed by atoms with Gasteiger partial charge in [0, 0.05) is 0 Å². The fourth-order valence-corrected chi connectivity index (χ4v) is 3.90. The summed E-state index contributed by atoms with van der Waals surface area (Å²) in [5.41, 5.74) is 0. The van der Waals surface area contributed by atoms with Crippen molar-refractivity contribution in [3.63, 3.8) is 0 Å². The predicted octanol–water partition coefficient (Wildman–Crippen LogP) is 5.93. The van der Waals surface area contributed by atoms with Crippen LogP contribution in [0.3, 0.4) is 0 Å². The van der Waals surface area contributed by atoms with Crippen LogP contribution in [0.25, 0.3) is 0 Å². The Morgan fingerprint density at radius 3 is 2.00 bits per heavy atom. The first-order chi connectivity index (χ1) is 8.36. The van der Waals surface area contributed by atoms with E-state index >= 15 is 0 Å². The molecule has 5 unspecified atom stereocenters. The molecule has 3 aliphatic rings. The van der Waals surface area contributed by atoms with Crippen molar-refractivity contribution >= 4 is 0 Å². The molecule has 2 fully saturated rings. The first kappa shape index (κ1) is 16.7. The molecule has 0 spiro atoms. The third-order valence-electron chi connectivity index (χ3n) is 4.34. The molecule has 17 heavy (non-hydrogen) atoms. The Morgan fingerprint density at radius 1 is 0.824 bits per heavy atom. The van der Waals surface area contributed by atoms with Crippen molar-refractivity contribution < 1.29 is 0 Å². The Morgan fingerprint density at radius 2 is 1.41 bits per heavy atom. The smallest absolute Gasteiger partial charge is 0.0171 e. The van der Waals surface area contributed by atoms with E-state index in [0.29, 0.717) is 0 Å². The molecule has 3 aliphatic carbocycles. The second kappa shape index (κ2) is 8.78. The largest absolute Gasteiger partial charge is 0.0879 e. The van der Waals surface area contributed by atoms with E-state index in [9.17, 15) is 0 Å². The Balaban J connectivity index is 0.000000379. The minimum atomic E-state index is 1.01. The van der Waals surface area contributed by atoms with E-state index in [2.05, 4.69) is 19.1 Å². The van der Waals surface area contributed by atoms with Crippen molar-refractivity contribution in [1.82, 2.24) is 0 Å². The summed E-state index contributed by atoms with van der Waals surface area (Å²) in [5.74, 6) is 5.31. The van der Waals surface area contributed by atoms with Crippen molar-refractivity contribution in [2.24, 2.45) is 29.6 Å². The molecule has 0 nitrogen and oxygen atoms in total. The topological polar surface area (TPSA) is 0 Å². The highest BCUT2D eigenvalue weighted by Crippen LogP contribution is 2.58. The van der Waals surface area contributed by atoms with Crippen molar-refractivity contribution in [1.29, 1.82) is 0 Å². The fourth-order valence-electron chi connectivity index (χ4n) is 3.90. The van der Waals surface area contributed by atoms with Gasteiger partial charge in [-0.1, -0.05) is 60.6 Å². The van der Waals surface area contributed by atoms with Crippen LogP contribution in [0.4, 0.5) is 0 Å². The van der Waals surface area contributed by atoms with E-state index in [1.807, 2.05) is 41.5 Å². The van der Waals surface area contributed by atoms with Gasteiger partial charge in [-0.2, -0.15) is 0 Å². The van der Waals surface area contributed by atoms with E-state index in [4.69, 9.17) is 0 Å². The summed E-state index contributed by atoms with van der Waals surface area (Å²) in [6.45, 7) is 14.5. The van der Waals surface area contributed by atoms with Crippen molar-refractivity contribution in [3.05, 3.63) is 12.2 Å². The maximum Gasteiger partial charge on any atom is -0.0171 e. The zero-order valence-corrected chi connectivity index (χ0v) is 13.2. The van der Waals surface area contributed by atoms with Gasteiger partial charge in [-0.05, 0) is 48.9 Å². The molecule has 0 heteroatoms. The predicted molar refractivity (Wildman–Crippen MR) is 80.2 cm³/mol. The van der Waals surface area contributed by atoms with Crippen molar-refractivity contribution in [2.75, 3.05) is 0 Å². The Labute approximate surface area is 110 Å². The van der Waals surface area contributed by atoms with Crippen LogP contribution in [0, 0.1) is 29.6 Å². The van der Waals surface area contributed by atoms with Crippen LogP contribution in [0.1, 0.15) is 67.7 Å². The number of hydrogen-bond donors (Lipinski definition) is 0. The molecule has 0 aromatic rings. The van der Waals surface area contributed by atoms with Gasteiger partial charge < -0.3 is 0 Å². The van der Waals surface area contributed by atoms with Crippen molar-refractivity contribution in [3.8, 4) is 0 Å². The lowest BCUT2D eigenvalue weighted by Crippen LogP contribution is -2.22. The minimum Gasteiger partial charge on any atom is -0.0879 e. The molecule has 0 amide bonds. The quantitative estimate of drug-likeness (QED) is 0.459. The number of fused-ring (bicyclic) bond motifs is 5. The maximum absolute atomic E-state index is 2.50. The lowest BCUT2D eigenvalue weighted by Gasteiger charge is -2.28. The third-order valence-corrected chi connectivity index (χ3v) is 4.34. The highest BCUT2D eigenvalue weighted by atomic mass is 14.5. The number of hydrogen-bond acceptors (Lipinski definition) is 0. The van der Waals surface area contributed by atoms with Crippen molar-refractivity contribution in [2.45, 2.75) is 67.7 Å². The van der Waals surface area contributed by atoms with Gasteiger partial charge in [0.2, 0.25) is 0 Å². The van der Waals surface area contributed by atoms with Gasteiger partial charge in [0.05, 0.1) is 0 Å². The standard InChI is InChI=1S/C11H16.3C2H6/c1-7-5-8-6-11(7)10-4-2-3-9(8)10;3*1-2/h2-3,7-11H,4-6H2,1H3;3*1-2H3. The first-order valence-corrected chi connectivity index (χ1v) is 8.03. The minimum absolute atomic E-state index is 1.01. The molecule has 0 aromatic heterocycles. The molecule has 0 N–H and O–H groups in total. The summed E-state index contributed by atoms with van der Waals surface area (Å²) in [7, 11) is 0. The number of rotatable bonds is 0. The normalized spacial score (nSPS) is 39.1. The molecule has 0 heterocycles. The van der Waals surface area contributed by atoms with Crippen LogP contribution in [-0.2, 0) is 0 Å². The zero-order chi connectivity index (χ0) is 13.4. The second-order valence-corrected chi connectivity index (χ2v) is 4.78. The molecule has 5 atom stereocenters. The zero-order valence-electron chi connectivity index (χ0n) is 13.2. The van der Waals surface area contributed by atoms with Gasteiger partial charge in [0.15, 0.2) is 0 Å². The van der Waals surface area contributed by atoms with Crippen LogP contribution in [0.15, 0.2) is 12.2 Å². The van der Waals surface area contributed by atoms with Gasteiger partial charge in [-0.3, -0.25) is 0 Å². The van der Waals surface area contributed by atoms with E-state index in [1.165, 1.54) is 12.8 Å². The average Bonchev–Trinajstić information content (AvgIpc) is 3.08. The van der Waals surface area contributed by atoms with E-state index in [-0.39, 0.29) is 0 Å². The monoisotopic (exact) mass is 238 g/mol. The molecule has 2 bridgehead atoms. The fraction of sp³-hybridized carbons (Fsp3) is 0.882. The summed E-state index contributed by atoms with van der Waals surface area (Å²) in [4.78, 5) is 0. The second-order valence-electron chi connectivity index (χ2n) is 4.78. The Kier molecular flexibility index (Phi) is 8.64. The SMILES string of the molecule is CC.CC.CC.CC1CC2CC1C1CC=CC21. The molecule has 0 aromatic carbocycles. The van der Waals surface area contributed by atoms with Crippen LogP contribution in [0.2, 0.25) is 0 Å². The molecule has 102 valence electrons. The average molecular weight is 238 g/mol. The van der Waals surface area contributed by atoms with Gasteiger partial charge in [0.1, 0.15) is 0 Å². The molecule has 0 saturated heterocycles. The third kappa shape index (κ3) is 3.36. The molecular formula is C17H34. The lowest BCUT2D eigenvalue weighted by atomic mass is 9.76. The number of allylic oxidation sites excluding steroid dienone is 2. The van der Waals surface area contributed by atoms with Crippen LogP contribution in [-0.4, -0.2) is 0 Å². The van der Waals surface area contributed by atoms with E-state index < -0.39 is 0 Å². The molecular weight excluding hydrogens is 204 g/mol. The van der Waals surface area contributed by atoms with E-state index in [1.54, 1.807) is 6.42 Å². The highest BCUT2D eigenvalue weighted by Gasteiger charge is 2.50. The Bertz CT molecular complexity index is 204. The molecule has 0 aliphatic heterocycles. The Hall–Kier alpha value is -0.260. The van der Waals surface area contributed by atoms with E-state index in [0.717, 1.165) is 29.6 Å². The maximum atomic E-state index is 2.50. The van der Waals surface area contributed by atoms with Gasteiger partial charge in [-0.15, -0.1) is 0 Å². The molecule has 3 rings (SSSR count). The van der Waals surface area contributed by atoms with Gasteiger partial charge >= 0.3 is 0 Å². The summed E-state index contributed by atoms with van der Waals surface area (Å²) < 4.78 is 0. The summed E-state index contributed by atoms with van der Waals surface area (Å²) >= 11 is 0. The highest BCUT2D eigenvalue weighted by molar-refractivity contribution is 5.13. The summed E-state index contributed by atoms with van der Waals surface area (Å²) in [6.07, 6.45) is 9.40.